The highest BCUT2D eigenvalue weighted by molar-refractivity contribution is 6.03. The second-order valence-corrected chi connectivity index (χ2v) is 23.8. The Morgan fingerprint density at radius 3 is 1.53 bits per heavy atom. The monoisotopic (exact) mass is 1360 g/mol. The van der Waals surface area contributed by atoms with E-state index in [1.165, 1.54) is 58.8 Å². The molecule has 6 heterocycles. The molecule has 0 unspecified atom stereocenters. The van der Waals surface area contributed by atoms with Gasteiger partial charge in [-0.25, -0.2) is 44.9 Å². The molecule has 0 bridgehead atoms. The van der Waals surface area contributed by atoms with Gasteiger partial charge in [-0.3, -0.25) is 29.1 Å². The van der Waals surface area contributed by atoms with Gasteiger partial charge in [0, 0.05) is 75.0 Å². The van der Waals surface area contributed by atoms with Crippen molar-refractivity contribution in [1.29, 1.82) is 0 Å². The molecule has 0 saturated heterocycles. The first-order valence-electron chi connectivity index (χ1n) is 32.7. The molecule has 102 heavy (non-hydrogen) atoms. The van der Waals surface area contributed by atoms with Crippen molar-refractivity contribution in [3.63, 3.8) is 0 Å². The van der Waals surface area contributed by atoms with Gasteiger partial charge < -0.3 is 51.0 Å². The van der Waals surface area contributed by atoms with Crippen LogP contribution in [-0.4, -0.2) is 121 Å². The third-order valence-electron chi connectivity index (χ3n) is 15.3. The number of benzene rings is 5. The topological polar surface area (TPSA) is 280 Å². The van der Waals surface area contributed by atoms with Crippen molar-refractivity contribution in [2.75, 3.05) is 90.0 Å². The van der Waals surface area contributed by atoms with Crippen molar-refractivity contribution in [3.8, 4) is 34.6 Å². The molecular formula is C77H73N19O6. The second kappa shape index (κ2) is 33.3. The number of carbonyl (C=O) groups excluding carboxylic acids is 3. The summed E-state index contributed by atoms with van der Waals surface area (Å²) in [5.74, 6) is 8.39. The quantitative estimate of drug-likeness (QED) is 0.0228. The molecule has 11 aromatic rings. The van der Waals surface area contributed by atoms with E-state index >= 15 is 0 Å². The van der Waals surface area contributed by atoms with Crippen LogP contribution >= 0.6 is 0 Å². The Hall–Kier alpha value is -13.3. The Kier molecular flexibility index (Phi) is 22.4. The number of nitrogens with zero attached hydrogens (tertiary/aromatic N) is 13. The van der Waals surface area contributed by atoms with Crippen LogP contribution in [0.5, 0.6) is 34.6 Å². The molecule has 25 nitrogen and oxygen atoms in total. The summed E-state index contributed by atoms with van der Waals surface area (Å²) in [5, 5.41) is 19.3. The van der Waals surface area contributed by atoms with Crippen molar-refractivity contribution in [2.24, 2.45) is 0 Å². The summed E-state index contributed by atoms with van der Waals surface area (Å²) in [6.45, 7) is 1.23. The molecule has 1 saturated carbocycles. The van der Waals surface area contributed by atoms with Crippen LogP contribution < -0.4 is 55.9 Å². The van der Waals surface area contributed by atoms with Gasteiger partial charge in [-0.15, -0.1) is 0 Å². The van der Waals surface area contributed by atoms with Crippen LogP contribution in [0.15, 0.2) is 243 Å². The molecule has 0 aliphatic heterocycles. The Bertz CT molecular complexity index is 4790. The lowest BCUT2D eigenvalue weighted by Gasteiger charge is -2.17. The molecular weight excluding hydrogens is 1290 g/mol. The number of hydrogen-bond donors (Lipinski definition) is 6. The lowest BCUT2D eigenvalue weighted by molar-refractivity contribution is -0.114. The average Bonchev–Trinajstić information content (AvgIpc) is 1.33. The number of para-hydroxylation sites is 2. The minimum absolute atomic E-state index is 0.189. The largest absolute Gasteiger partial charge is 0.457 e. The standard InChI is InChI=1S/C77H73N19O6/c1-93(2)44-17-31-76(98)95(4)72-28-14-26-62(90-72)84-69-47-67(80-54-34-38-58(39-35-54)100-56-19-8-6-9-20-56)86-65(87-69)42-43-77(99)96(5)73-29-15-27-63(91-73)85-70-48-68(81-55-36-40-59(41-37-55)101-57-21-10-7-11-22-57)88-71(89-70)50-94(3)45-16-30-74(97)92-64-25-13-24-61(82-64)83-66-49-75(79-51-78-66)102-60-23-12-18-53(46-60)52-32-33-52/h6-31,34-43,46-49,51-52H,32-33,44-45,50H2,1-5H3,(H2,80,84,86,87,90)(H2,81,85,88,89,91)(H2,78,79,82,83,92,97)/b30-16+,31-17+,43-42+. The molecule has 12 rings (SSSR count). The zero-order valence-corrected chi connectivity index (χ0v) is 56.5. The first kappa shape index (κ1) is 68.7. The summed E-state index contributed by atoms with van der Waals surface area (Å²) >= 11 is 0. The van der Waals surface area contributed by atoms with Crippen molar-refractivity contribution in [3.05, 3.63) is 260 Å². The van der Waals surface area contributed by atoms with Crippen molar-refractivity contribution < 1.29 is 28.6 Å². The Morgan fingerprint density at radius 2 is 0.931 bits per heavy atom. The maximum absolute atomic E-state index is 14.1. The van der Waals surface area contributed by atoms with Crippen LogP contribution in [0, 0.1) is 0 Å². The maximum atomic E-state index is 14.1. The molecule has 3 amide bonds. The Morgan fingerprint density at radius 1 is 0.431 bits per heavy atom. The van der Waals surface area contributed by atoms with Crippen LogP contribution in [0.2, 0.25) is 0 Å². The highest BCUT2D eigenvalue weighted by atomic mass is 16.5. The molecule has 25 heteroatoms. The smallest absolute Gasteiger partial charge is 0.252 e. The van der Waals surface area contributed by atoms with Gasteiger partial charge in [0.1, 0.15) is 105 Å². The van der Waals surface area contributed by atoms with Gasteiger partial charge in [0.25, 0.3) is 11.8 Å². The van der Waals surface area contributed by atoms with Gasteiger partial charge in [0.05, 0.1) is 6.54 Å². The summed E-state index contributed by atoms with van der Waals surface area (Å²) in [6.07, 6.45) is 13.1. The van der Waals surface area contributed by atoms with Crippen LogP contribution in [-0.2, 0) is 20.9 Å². The van der Waals surface area contributed by atoms with E-state index in [-0.39, 0.29) is 24.2 Å². The highest BCUT2D eigenvalue weighted by Crippen LogP contribution is 2.41. The van der Waals surface area contributed by atoms with Crippen molar-refractivity contribution in [1.82, 2.24) is 54.7 Å². The molecule has 0 radical (unpaired) electrons. The number of amides is 3. The van der Waals surface area contributed by atoms with E-state index in [2.05, 4.69) is 52.9 Å². The van der Waals surface area contributed by atoms with Gasteiger partial charge in [0.2, 0.25) is 11.8 Å². The fourth-order valence-corrected chi connectivity index (χ4v) is 10.1. The van der Waals surface area contributed by atoms with E-state index in [9.17, 15) is 14.4 Å². The SMILES string of the molecule is CN(C)C/C=C/C(=O)N(C)c1cccc(Nc2cc(Nc3ccc(Oc4ccccc4)cc3)nc(/C=C/C(=O)N(C)c3cccc(Nc4cc(Nc5ccc(Oc6ccccc6)cc5)nc(CN(C)C/C=C/C(=O)Nc5cccc(Nc6cc(Oc7cccc(C8CC8)c7)ncn6)n5)n4)n3)n2)n1. The molecule has 6 aromatic heterocycles. The Labute approximate surface area is 589 Å². The number of likely N-dealkylation sites (N-methyl/N-ethyl adjacent to an activating group) is 4. The van der Waals surface area contributed by atoms with Gasteiger partial charge >= 0.3 is 0 Å². The lowest BCUT2D eigenvalue weighted by atomic mass is 10.1. The van der Waals surface area contributed by atoms with Crippen LogP contribution in [0.1, 0.15) is 36.0 Å². The molecule has 1 aliphatic rings. The number of aromatic nitrogens is 9. The first-order valence-corrected chi connectivity index (χ1v) is 32.7. The number of hydrogen-bond acceptors (Lipinski definition) is 22. The summed E-state index contributed by atoms with van der Waals surface area (Å²) in [7, 11) is 9.00. The fraction of sp³-hybridized carbons (Fsp3) is 0.143. The molecule has 512 valence electrons. The average molecular weight is 1360 g/mol. The van der Waals surface area contributed by atoms with Crippen LogP contribution in [0.25, 0.3) is 6.08 Å². The van der Waals surface area contributed by atoms with Gasteiger partial charge in [-0.05, 0) is 173 Å². The molecule has 0 spiro atoms. The van der Waals surface area contributed by atoms with E-state index in [1.54, 1.807) is 99.0 Å². The Balaban J connectivity index is 0.716. The zero-order chi connectivity index (χ0) is 70.6. The number of carbonyl (C=O) groups is 3. The number of anilines is 13. The van der Waals surface area contributed by atoms with E-state index in [1.807, 2.05) is 158 Å². The normalized spacial score (nSPS) is 12.0. The predicted molar refractivity (Wildman–Crippen MR) is 397 cm³/mol. The molecule has 6 N–H and O–H groups in total. The second-order valence-electron chi connectivity index (χ2n) is 23.8. The van der Waals surface area contributed by atoms with Crippen molar-refractivity contribution >= 4 is 99.2 Å². The van der Waals surface area contributed by atoms with Crippen LogP contribution in [0.4, 0.5) is 75.4 Å². The van der Waals surface area contributed by atoms with Gasteiger partial charge in [0.15, 0.2) is 5.82 Å². The molecule has 0 atom stereocenters. The molecule has 5 aromatic carbocycles. The summed E-state index contributed by atoms with van der Waals surface area (Å²) in [5.41, 5.74) is 2.70. The predicted octanol–water partition coefficient (Wildman–Crippen LogP) is 14.6. The first-order chi connectivity index (χ1) is 49.7. The van der Waals surface area contributed by atoms with Gasteiger partial charge in [-0.2, -0.15) is 0 Å². The van der Waals surface area contributed by atoms with Crippen LogP contribution in [0.3, 0.4) is 0 Å². The minimum atomic E-state index is -0.429. The van der Waals surface area contributed by atoms with Gasteiger partial charge in [-0.1, -0.05) is 78.9 Å². The number of rotatable bonds is 30. The number of pyridine rings is 3. The van der Waals surface area contributed by atoms with E-state index in [0.29, 0.717) is 129 Å². The molecule has 1 aliphatic carbocycles. The summed E-state index contributed by atoms with van der Waals surface area (Å²) in [4.78, 5) is 89.2. The number of nitrogens with one attached hydrogen (secondary N) is 6. The minimum Gasteiger partial charge on any atom is -0.457 e. The number of ether oxygens (including phenoxy) is 3. The zero-order valence-electron chi connectivity index (χ0n) is 56.5. The third-order valence-corrected chi connectivity index (χ3v) is 15.3. The highest BCUT2D eigenvalue weighted by Gasteiger charge is 2.24. The van der Waals surface area contributed by atoms with E-state index in [4.69, 9.17) is 44.1 Å². The van der Waals surface area contributed by atoms with E-state index in [0.717, 1.165) is 5.69 Å². The summed E-state index contributed by atoms with van der Waals surface area (Å²) in [6, 6.07) is 62.8. The lowest BCUT2D eigenvalue weighted by Crippen LogP contribution is -2.25. The van der Waals surface area contributed by atoms with E-state index < -0.39 is 5.91 Å². The molecule has 1 fully saturated rings. The maximum Gasteiger partial charge on any atom is 0.252 e. The fourth-order valence-electron chi connectivity index (χ4n) is 10.1. The third kappa shape index (κ3) is 20.4. The van der Waals surface area contributed by atoms with Crippen molar-refractivity contribution in [2.45, 2.75) is 25.3 Å². The summed E-state index contributed by atoms with van der Waals surface area (Å²) < 4.78 is 18.1.